The molecule has 1 heterocycles. The molecule has 1 saturated heterocycles. The molecular formula is C11H9NO6. The van der Waals surface area contributed by atoms with Crippen molar-refractivity contribution in [1.29, 1.82) is 0 Å². The average molecular weight is 251 g/mol. The van der Waals surface area contributed by atoms with E-state index in [2.05, 4.69) is 4.74 Å². The zero-order valence-electron chi connectivity index (χ0n) is 9.20. The molecule has 0 aromatic heterocycles. The summed E-state index contributed by atoms with van der Waals surface area (Å²) in [5.74, 6) is -1.28. The van der Waals surface area contributed by atoms with Gasteiger partial charge in [0.1, 0.15) is 18.3 Å². The number of hydrogen-bond acceptors (Lipinski definition) is 6. The highest BCUT2D eigenvalue weighted by Gasteiger charge is 2.29. The predicted molar refractivity (Wildman–Crippen MR) is 57.9 cm³/mol. The van der Waals surface area contributed by atoms with E-state index in [1.165, 1.54) is 24.3 Å². The number of benzene rings is 1. The largest absolute Gasteiger partial charge is 0.462 e. The third kappa shape index (κ3) is 2.45. The van der Waals surface area contributed by atoms with Crippen molar-refractivity contribution in [3.8, 4) is 0 Å². The Hall–Kier alpha value is -2.44. The fourth-order valence-electron chi connectivity index (χ4n) is 1.59. The van der Waals surface area contributed by atoms with Gasteiger partial charge in [0.25, 0.3) is 5.69 Å². The molecule has 1 aliphatic heterocycles. The topological polar surface area (TPSA) is 95.7 Å². The molecule has 0 unspecified atom stereocenters. The van der Waals surface area contributed by atoms with Crippen molar-refractivity contribution >= 4 is 17.6 Å². The summed E-state index contributed by atoms with van der Waals surface area (Å²) < 4.78 is 9.60. The Balaban J connectivity index is 2.14. The number of esters is 2. The molecule has 18 heavy (non-hydrogen) atoms. The smallest absolute Gasteiger partial charge is 0.345 e. The quantitative estimate of drug-likeness (QED) is 0.453. The van der Waals surface area contributed by atoms with E-state index in [9.17, 15) is 19.7 Å². The Morgan fingerprint density at radius 3 is 2.78 bits per heavy atom. The minimum Gasteiger partial charge on any atom is -0.462 e. The molecule has 7 nitrogen and oxygen atoms in total. The predicted octanol–water partition coefficient (Wildman–Crippen LogP) is 1.07. The van der Waals surface area contributed by atoms with Crippen molar-refractivity contribution in [2.75, 3.05) is 6.61 Å². The molecule has 1 aromatic carbocycles. The Kier molecular flexibility index (Phi) is 3.22. The van der Waals surface area contributed by atoms with Crippen LogP contribution in [0.1, 0.15) is 16.8 Å². The standard InChI is InChI=1S/C11H9NO6/c13-10-5-7(6-17-10)18-11(14)8-3-1-2-4-9(8)12(15)16/h1-4,7H,5-6H2/t7-/m1/s1. The fourth-order valence-corrected chi connectivity index (χ4v) is 1.59. The molecule has 1 fully saturated rings. The summed E-state index contributed by atoms with van der Waals surface area (Å²) in [5.41, 5.74) is -0.463. The van der Waals surface area contributed by atoms with E-state index in [1.807, 2.05) is 0 Å². The van der Waals surface area contributed by atoms with Crippen molar-refractivity contribution in [1.82, 2.24) is 0 Å². The summed E-state index contributed by atoms with van der Waals surface area (Å²) in [6.07, 6.45) is -0.698. The number of ether oxygens (including phenoxy) is 2. The lowest BCUT2D eigenvalue weighted by atomic mass is 10.2. The molecule has 94 valence electrons. The Bertz CT molecular complexity index is 512. The molecular weight excluding hydrogens is 242 g/mol. The maximum atomic E-state index is 11.7. The third-order valence-electron chi connectivity index (χ3n) is 2.42. The number of para-hydroxylation sites is 1. The number of nitro groups is 1. The average Bonchev–Trinajstić information content (AvgIpc) is 2.74. The third-order valence-corrected chi connectivity index (χ3v) is 2.42. The molecule has 0 N–H and O–H groups in total. The van der Waals surface area contributed by atoms with Crippen LogP contribution in [0.25, 0.3) is 0 Å². The highest BCUT2D eigenvalue weighted by atomic mass is 16.6. The first kappa shape index (κ1) is 12.0. The Labute approximate surface area is 101 Å². The van der Waals surface area contributed by atoms with Crippen LogP contribution in [0.4, 0.5) is 5.69 Å². The number of nitro benzene ring substituents is 1. The minimum atomic E-state index is -0.828. The summed E-state index contributed by atoms with van der Waals surface area (Å²) >= 11 is 0. The van der Waals surface area contributed by atoms with E-state index in [1.54, 1.807) is 0 Å². The summed E-state index contributed by atoms with van der Waals surface area (Å²) in [6.45, 7) is -0.00873. The van der Waals surface area contributed by atoms with E-state index in [0.29, 0.717) is 0 Å². The van der Waals surface area contributed by atoms with Gasteiger partial charge in [0, 0.05) is 6.07 Å². The molecule has 2 rings (SSSR count). The molecule has 7 heteroatoms. The van der Waals surface area contributed by atoms with Crippen LogP contribution in [-0.2, 0) is 14.3 Å². The van der Waals surface area contributed by atoms with Gasteiger partial charge in [-0.2, -0.15) is 0 Å². The lowest BCUT2D eigenvalue weighted by Crippen LogP contribution is -2.19. The van der Waals surface area contributed by atoms with Crippen LogP contribution < -0.4 is 0 Å². The van der Waals surface area contributed by atoms with Crippen LogP contribution in [0.5, 0.6) is 0 Å². The summed E-state index contributed by atoms with van der Waals surface area (Å²) in [4.78, 5) is 32.6. The van der Waals surface area contributed by atoms with E-state index in [4.69, 9.17) is 4.74 Å². The molecule has 0 saturated carbocycles. The molecule has 0 spiro atoms. The zero-order chi connectivity index (χ0) is 13.1. The van der Waals surface area contributed by atoms with Crippen LogP contribution in [-0.4, -0.2) is 29.6 Å². The normalized spacial score (nSPS) is 18.2. The second-order valence-electron chi connectivity index (χ2n) is 3.69. The van der Waals surface area contributed by atoms with Gasteiger partial charge < -0.3 is 9.47 Å². The van der Waals surface area contributed by atoms with Crippen LogP contribution in [0.2, 0.25) is 0 Å². The van der Waals surface area contributed by atoms with Gasteiger partial charge in [-0.15, -0.1) is 0 Å². The van der Waals surface area contributed by atoms with Gasteiger partial charge in [-0.1, -0.05) is 12.1 Å². The van der Waals surface area contributed by atoms with E-state index >= 15 is 0 Å². The van der Waals surface area contributed by atoms with Gasteiger partial charge >= 0.3 is 11.9 Å². The number of carbonyl (C=O) groups excluding carboxylic acids is 2. The highest BCUT2D eigenvalue weighted by Crippen LogP contribution is 2.20. The van der Waals surface area contributed by atoms with Crippen LogP contribution in [0.3, 0.4) is 0 Å². The van der Waals surface area contributed by atoms with E-state index in [0.717, 1.165) is 0 Å². The second kappa shape index (κ2) is 4.82. The number of cyclic esters (lactones) is 1. The van der Waals surface area contributed by atoms with Crippen molar-refractivity contribution in [3.63, 3.8) is 0 Å². The second-order valence-corrected chi connectivity index (χ2v) is 3.69. The lowest BCUT2D eigenvalue weighted by Gasteiger charge is -2.08. The van der Waals surface area contributed by atoms with Gasteiger partial charge in [-0.25, -0.2) is 4.79 Å². The Morgan fingerprint density at radius 2 is 2.17 bits per heavy atom. The number of carbonyl (C=O) groups is 2. The first-order valence-corrected chi connectivity index (χ1v) is 5.18. The number of nitrogens with zero attached hydrogens (tertiary/aromatic N) is 1. The van der Waals surface area contributed by atoms with Crippen LogP contribution in [0.15, 0.2) is 24.3 Å². The van der Waals surface area contributed by atoms with Gasteiger partial charge in [0.05, 0.1) is 11.3 Å². The van der Waals surface area contributed by atoms with Gasteiger partial charge in [0.2, 0.25) is 0 Å². The maximum absolute atomic E-state index is 11.7. The lowest BCUT2D eigenvalue weighted by molar-refractivity contribution is -0.385. The van der Waals surface area contributed by atoms with Gasteiger partial charge in [0.15, 0.2) is 0 Å². The van der Waals surface area contributed by atoms with E-state index < -0.39 is 23.0 Å². The molecule has 0 bridgehead atoms. The first-order chi connectivity index (χ1) is 8.58. The zero-order valence-corrected chi connectivity index (χ0v) is 9.20. The highest BCUT2D eigenvalue weighted by molar-refractivity contribution is 5.94. The molecule has 0 amide bonds. The summed E-state index contributed by atoms with van der Waals surface area (Å²) in [5, 5.41) is 10.7. The molecule has 1 aromatic rings. The van der Waals surface area contributed by atoms with Gasteiger partial charge in [-0.05, 0) is 6.07 Å². The van der Waals surface area contributed by atoms with Crippen molar-refractivity contribution in [2.24, 2.45) is 0 Å². The SMILES string of the molecule is O=C1C[C@@H](OC(=O)c2ccccc2[N+](=O)[O-])CO1. The maximum Gasteiger partial charge on any atom is 0.345 e. The first-order valence-electron chi connectivity index (χ1n) is 5.18. The Morgan fingerprint density at radius 1 is 1.44 bits per heavy atom. The molecule has 1 aliphatic rings. The van der Waals surface area contributed by atoms with Crippen molar-refractivity contribution in [3.05, 3.63) is 39.9 Å². The van der Waals surface area contributed by atoms with E-state index in [-0.39, 0.29) is 24.3 Å². The van der Waals surface area contributed by atoms with Crippen LogP contribution in [0, 0.1) is 10.1 Å². The monoisotopic (exact) mass is 251 g/mol. The van der Waals surface area contributed by atoms with Crippen molar-refractivity contribution in [2.45, 2.75) is 12.5 Å². The summed E-state index contributed by atoms with van der Waals surface area (Å²) in [7, 11) is 0. The summed E-state index contributed by atoms with van der Waals surface area (Å²) in [6, 6.07) is 5.47. The molecule has 0 radical (unpaired) electrons. The van der Waals surface area contributed by atoms with Crippen molar-refractivity contribution < 1.29 is 24.0 Å². The fraction of sp³-hybridized carbons (Fsp3) is 0.273. The van der Waals surface area contributed by atoms with Crippen LogP contribution >= 0.6 is 0 Å². The molecule has 1 atom stereocenters. The number of hydrogen-bond donors (Lipinski definition) is 0. The van der Waals surface area contributed by atoms with Gasteiger partial charge in [-0.3, -0.25) is 14.9 Å². The molecule has 0 aliphatic carbocycles. The minimum absolute atomic E-state index is 0.00873. The number of rotatable bonds is 3.